The van der Waals surface area contributed by atoms with Crippen molar-refractivity contribution in [2.24, 2.45) is 0 Å². The molecule has 0 spiro atoms. The smallest absolute Gasteiger partial charge is 0.311 e. The minimum atomic E-state index is -0.981. The summed E-state index contributed by atoms with van der Waals surface area (Å²) < 4.78 is 0. The first-order chi connectivity index (χ1) is 8.56. The van der Waals surface area contributed by atoms with Crippen LogP contribution < -0.4 is 0 Å². The molecule has 6 heteroatoms. The molecule has 0 bridgehead atoms. The van der Waals surface area contributed by atoms with Gasteiger partial charge in [0.25, 0.3) is 0 Å². The summed E-state index contributed by atoms with van der Waals surface area (Å²) in [5.41, 5.74) is 0.663. The molecule has 0 unspecified atom stereocenters. The number of rotatable bonds is 3. The summed E-state index contributed by atoms with van der Waals surface area (Å²) >= 11 is 6.05. The van der Waals surface area contributed by atoms with E-state index < -0.39 is 5.97 Å². The van der Waals surface area contributed by atoms with Gasteiger partial charge in [0.1, 0.15) is 18.1 Å². The first-order valence-corrected chi connectivity index (χ1v) is 5.62. The number of aliphatic carboxylic acids is 1. The van der Waals surface area contributed by atoms with Crippen molar-refractivity contribution in [3.8, 4) is 11.4 Å². The number of halogens is 1. The topological polar surface area (TPSA) is 76.0 Å². The minimum Gasteiger partial charge on any atom is -0.481 e. The predicted molar refractivity (Wildman–Crippen MR) is 66.3 cm³/mol. The van der Waals surface area contributed by atoms with Gasteiger partial charge in [-0.05, 0) is 19.1 Å². The Balaban J connectivity index is 2.48. The quantitative estimate of drug-likeness (QED) is 0.918. The fourth-order valence-corrected chi connectivity index (χ4v) is 1.73. The summed E-state index contributed by atoms with van der Waals surface area (Å²) in [4.78, 5) is 22.9. The number of carbonyl (C=O) groups is 1. The zero-order chi connectivity index (χ0) is 13.1. The molecule has 0 saturated heterocycles. The number of hydrogen-bond donors (Lipinski definition) is 1. The van der Waals surface area contributed by atoms with Crippen LogP contribution in [0.4, 0.5) is 0 Å². The van der Waals surface area contributed by atoms with Gasteiger partial charge in [0.15, 0.2) is 5.82 Å². The van der Waals surface area contributed by atoms with Crippen LogP contribution in [0.3, 0.4) is 0 Å². The molecular weight excluding hydrogens is 254 g/mol. The van der Waals surface area contributed by atoms with Gasteiger partial charge in [0.05, 0.1) is 5.02 Å². The molecular formula is C12H10ClN3O2. The molecule has 0 radical (unpaired) electrons. The van der Waals surface area contributed by atoms with Crippen LogP contribution in [0.1, 0.15) is 11.6 Å². The van der Waals surface area contributed by atoms with E-state index in [-0.39, 0.29) is 12.2 Å². The largest absolute Gasteiger partial charge is 0.481 e. The molecule has 0 fully saturated rings. The van der Waals surface area contributed by atoms with Crippen LogP contribution in [-0.4, -0.2) is 26.0 Å². The normalized spacial score (nSPS) is 10.3. The van der Waals surface area contributed by atoms with Gasteiger partial charge in [-0.15, -0.1) is 0 Å². The van der Waals surface area contributed by atoms with Gasteiger partial charge in [0.2, 0.25) is 0 Å². The molecule has 1 aromatic heterocycles. The van der Waals surface area contributed by atoms with Crippen LogP contribution >= 0.6 is 11.6 Å². The van der Waals surface area contributed by atoms with Crippen LogP contribution in [0.25, 0.3) is 11.4 Å². The Bertz CT molecular complexity index is 602. The van der Waals surface area contributed by atoms with E-state index in [0.29, 0.717) is 22.2 Å². The highest BCUT2D eigenvalue weighted by molar-refractivity contribution is 6.33. The molecule has 92 valence electrons. The molecule has 1 heterocycles. The fraction of sp³-hybridized carbons (Fsp3) is 0.167. The monoisotopic (exact) mass is 263 g/mol. The molecule has 0 amide bonds. The average Bonchev–Trinajstić information content (AvgIpc) is 2.27. The Labute approximate surface area is 109 Å². The third-order valence-electron chi connectivity index (χ3n) is 2.22. The number of nitrogens with zero attached hydrogens (tertiary/aromatic N) is 3. The Hall–Kier alpha value is -2.01. The van der Waals surface area contributed by atoms with Crippen molar-refractivity contribution in [3.05, 3.63) is 40.9 Å². The van der Waals surface area contributed by atoms with E-state index in [9.17, 15) is 4.79 Å². The van der Waals surface area contributed by atoms with E-state index in [1.165, 1.54) is 0 Å². The Morgan fingerprint density at radius 1 is 1.28 bits per heavy atom. The van der Waals surface area contributed by atoms with Crippen LogP contribution in [0.2, 0.25) is 5.02 Å². The lowest BCUT2D eigenvalue weighted by atomic mass is 10.2. The van der Waals surface area contributed by atoms with Gasteiger partial charge in [-0.25, -0.2) is 15.0 Å². The second-order valence-corrected chi connectivity index (χ2v) is 4.08. The number of aromatic nitrogens is 3. The first kappa shape index (κ1) is 12.4. The maximum atomic E-state index is 10.7. The van der Waals surface area contributed by atoms with E-state index in [4.69, 9.17) is 16.7 Å². The van der Waals surface area contributed by atoms with E-state index in [1.54, 1.807) is 25.1 Å². The van der Waals surface area contributed by atoms with E-state index in [2.05, 4.69) is 15.0 Å². The second kappa shape index (κ2) is 5.10. The molecule has 0 aliphatic rings. The van der Waals surface area contributed by atoms with Crippen LogP contribution in [-0.2, 0) is 11.2 Å². The Morgan fingerprint density at radius 2 is 2.00 bits per heavy atom. The number of carboxylic acid groups (broad SMARTS) is 1. The van der Waals surface area contributed by atoms with Gasteiger partial charge in [-0.3, -0.25) is 4.79 Å². The van der Waals surface area contributed by atoms with Crippen molar-refractivity contribution in [2.45, 2.75) is 13.3 Å². The highest BCUT2D eigenvalue weighted by Crippen LogP contribution is 2.24. The molecule has 0 saturated carbocycles. The van der Waals surface area contributed by atoms with Crippen molar-refractivity contribution in [2.75, 3.05) is 0 Å². The predicted octanol–water partition coefficient (Wildman–Crippen LogP) is 2.13. The van der Waals surface area contributed by atoms with E-state index in [1.807, 2.05) is 6.07 Å². The molecule has 0 aliphatic carbocycles. The summed E-state index contributed by atoms with van der Waals surface area (Å²) in [6, 6.07) is 7.13. The van der Waals surface area contributed by atoms with Gasteiger partial charge in [0, 0.05) is 5.56 Å². The van der Waals surface area contributed by atoms with Gasteiger partial charge in [-0.2, -0.15) is 0 Å². The molecule has 0 atom stereocenters. The molecule has 5 nitrogen and oxygen atoms in total. The van der Waals surface area contributed by atoms with Crippen molar-refractivity contribution in [1.29, 1.82) is 0 Å². The molecule has 0 aliphatic heterocycles. The summed E-state index contributed by atoms with van der Waals surface area (Å²) in [6.07, 6.45) is -0.235. The average molecular weight is 264 g/mol. The second-order valence-electron chi connectivity index (χ2n) is 3.67. The lowest BCUT2D eigenvalue weighted by Gasteiger charge is -2.05. The van der Waals surface area contributed by atoms with Crippen molar-refractivity contribution in [1.82, 2.24) is 15.0 Å². The molecule has 2 aromatic rings. The zero-order valence-electron chi connectivity index (χ0n) is 9.59. The minimum absolute atomic E-state index is 0.227. The molecule has 1 N–H and O–H groups in total. The summed E-state index contributed by atoms with van der Waals surface area (Å²) in [5.74, 6) is 0.108. The van der Waals surface area contributed by atoms with Gasteiger partial charge < -0.3 is 5.11 Å². The third kappa shape index (κ3) is 2.81. The molecule has 2 rings (SSSR count). The Kier molecular flexibility index (Phi) is 3.53. The SMILES string of the molecule is Cc1nc(CC(=O)O)nc(-c2ccccc2Cl)n1. The Morgan fingerprint density at radius 3 is 2.67 bits per heavy atom. The number of benzene rings is 1. The highest BCUT2D eigenvalue weighted by atomic mass is 35.5. The summed E-state index contributed by atoms with van der Waals surface area (Å²) in [7, 11) is 0. The first-order valence-electron chi connectivity index (χ1n) is 5.24. The summed E-state index contributed by atoms with van der Waals surface area (Å²) in [6.45, 7) is 1.69. The van der Waals surface area contributed by atoms with Crippen molar-refractivity contribution >= 4 is 17.6 Å². The lowest BCUT2D eigenvalue weighted by Crippen LogP contribution is -2.08. The van der Waals surface area contributed by atoms with Crippen LogP contribution in [0.5, 0.6) is 0 Å². The zero-order valence-corrected chi connectivity index (χ0v) is 10.3. The third-order valence-corrected chi connectivity index (χ3v) is 2.55. The van der Waals surface area contributed by atoms with Crippen LogP contribution in [0.15, 0.2) is 24.3 Å². The van der Waals surface area contributed by atoms with Gasteiger partial charge in [-0.1, -0.05) is 23.7 Å². The fourth-order valence-electron chi connectivity index (χ4n) is 1.51. The highest BCUT2D eigenvalue weighted by Gasteiger charge is 2.11. The van der Waals surface area contributed by atoms with E-state index in [0.717, 1.165) is 0 Å². The number of carboxylic acids is 1. The van der Waals surface area contributed by atoms with Crippen molar-refractivity contribution in [3.63, 3.8) is 0 Å². The lowest BCUT2D eigenvalue weighted by molar-refractivity contribution is -0.136. The van der Waals surface area contributed by atoms with Gasteiger partial charge >= 0.3 is 5.97 Å². The number of hydrogen-bond acceptors (Lipinski definition) is 4. The standard InChI is InChI=1S/C12H10ClN3O2/c1-7-14-10(6-11(17)18)16-12(15-7)8-4-2-3-5-9(8)13/h2-5H,6H2,1H3,(H,17,18). The number of aryl methyl sites for hydroxylation is 1. The summed E-state index contributed by atoms with van der Waals surface area (Å²) in [5, 5.41) is 9.27. The molecule has 1 aromatic carbocycles. The van der Waals surface area contributed by atoms with Crippen molar-refractivity contribution < 1.29 is 9.90 Å². The maximum Gasteiger partial charge on any atom is 0.311 e. The molecule has 18 heavy (non-hydrogen) atoms. The maximum absolute atomic E-state index is 10.7. The van der Waals surface area contributed by atoms with E-state index >= 15 is 0 Å². The van der Waals surface area contributed by atoms with Crippen LogP contribution in [0, 0.1) is 6.92 Å².